The first-order valence-corrected chi connectivity index (χ1v) is 11.8. The molecule has 3 N–H and O–H groups in total. The van der Waals surface area contributed by atoms with Crippen LogP contribution in [-0.4, -0.2) is 47.5 Å². The van der Waals surface area contributed by atoms with E-state index in [0.29, 0.717) is 29.1 Å². The molecule has 4 bridgehead atoms. The summed E-state index contributed by atoms with van der Waals surface area (Å²) >= 11 is 0. The first-order valence-electron chi connectivity index (χ1n) is 11.8. The topological polar surface area (TPSA) is 117 Å². The van der Waals surface area contributed by atoms with E-state index in [9.17, 15) is 19.2 Å². The van der Waals surface area contributed by atoms with Crippen molar-refractivity contribution in [2.75, 3.05) is 13.2 Å². The third-order valence-electron chi connectivity index (χ3n) is 8.23. The fourth-order valence-corrected chi connectivity index (χ4v) is 7.36. The van der Waals surface area contributed by atoms with Gasteiger partial charge < -0.3 is 15.4 Å². The van der Waals surface area contributed by atoms with Crippen LogP contribution in [0.1, 0.15) is 50.5 Å². The minimum Gasteiger partial charge on any atom is -0.493 e. The fourth-order valence-electron chi connectivity index (χ4n) is 7.36. The van der Waals surface area contributed by atoms with E-state index in [4.69, 9.17) is 4.74 Å². The zero-order valence-electron chi connectivity index (χ0n) is 18.4. The number of nitrogens with zero attached hydrogens (tertiary/aromatic N) is 1. The van der Waals surface area contributed by atoms with Crippen molar-refractivity contribution in [3.05, 3.63) is 29.8 Å². The van der Waals surface area contributed by atoms with Gasteiger partial charge in [0.15, 0.2) is 5.54 Å². The smallest absolute Gasteiger partial charge is 0.325 e. The standard InChI is InChI=1S/C24H28N4O5/c29-19(25-21(31)26-23-10-14-7-15(11-23)9-16(8-14)12-23)13-28-20(30)24(27-22(28)32)5-6-33-18-4-2-1-3-17(18)24/h1-4,14-16H,5-13H2,(H,27,32)(H2,25,26,29,31)/t14?,15?,16?,23?,24-/m0/s1. The molecular weight excluding hydrogens is 424 g/mol. The maximum absolute atomic E-state index is 13.3. The molecule has 1 saturated heterocycles. The molecule has 1 spiro atoms. The molecule has 9 nitrogen and oxygen atoms in total. The Kier molecular flexibility index (Phi) is 4.47. The third kappa shape index (κ3) is 3.28. The minimum atomic E-state index is -1.24. The summed E-state index contributed by atoms with van der Waals surface area (Å²) in [7, 11) is 0. The average molecular weight is 453 g/mol. The summed E-state index contributed by atoms with van der Waals surface area (Å²) in [5.41, 5.74) is -0.888. The number of amides is 6. The van der Waals surface area contributed by atoms with E-state index in [2.05, 4.69) is 16.0 Å². The first-order chi connectivity index (χ1) is 15.9. The number of carbonyl (C=O) groups is 4. The predicted molar refractivity (Wildman–Crippen MR) is 116 cm³/mol. The van der Waals surface area contributed by atoms with Crippen LogP contribution in [0.15, 0.2) is 24.3 Å². The van der Waals surface area contributed by atoms with Crippen LogP contribution in [0.2, 0.25) is 0 Å². The maximum Gasteiger partial charge on any atom is 0.325 e. The molecule has 1 aromatic rings. The van der Waals surface area contributed by atoms with Crippen LogP contribution in [0.5, 0.6) is 5.75 Å². The van der Waals surface area contributed by atoms with E-state index in [0.717, 1.165) is 24.2 Å². The second-order valence-electron chi connectivity index (χ2n) is 10.5. The van der Waals surface area contributed by atoms with Gasteiger partial charge in [0.2, 0.25) is 5.91 Å². The molecule has 0 radical (unpaired) electrons. The molecular formula is C24H28N4O5. The molecule has 5 fully saturated rings. The van der Waals surface area contributed by atoms with Gasteiger partial charge in [0.25, 0.3) is 5.91 Å². The largest absolute Gasteiger partial charge is 0.493 e. The number of hydrogen-bond donors (Lipinski definition) is 3. The summed E-state index contributed by atoms with van der Waals surface area (Å²) in [4.78, 5) is 52.1. The van der Waals surface area contributed by atoms with Crippen molar-refractivity contribution < 1.29 is 23.9 Å². The highest BCUT2D eigenvalue weighted by Gasteiger charge is 2.55. The number of carbonyl (C=O) groups excluding carboxylic acids is 4. The Morgan fingerprint density at radius 3 is 2.42 bits per heavy atom. The molecule has 2 heterocycles. The quantitative estimate of drug-likeness (QED) is 0.607. The number of para-hydroxylation sites is 1. The van der Waals surface area contributed by atoms with E-state index in [1.807, 2.05) is 0 Å². The molecule has 9 heteroatoms. The molecule has 0 aromatic heterocycles. The van der Waals surface area contributed by atoms with Gasteiger partial charge in [-0.05, 0) is 62.3 Å². The number of ether oxygens (including phenoxy) is 1. The lowest BCUT2D eigenvalue weighted by atomic mass is 9.53. The van der Waals surface area contributed by atoms with Gasteiger partial charge in [-0.25, -0.2) is 9.59 Å². The number of hydrogen-bond acceptors (Lipinski definition) is 5. The lowest BCUT2D eigenvalue weighted by Gasteiger charge is -2.56. The Morgan fingerprint density at radius 1 is 1.06 bits per heavy atom. The van der Waals surface area contributed by atoms with Crippen molar-refractivity contribution in [2.24, 2.45) is 17.8 Å². The van der Waals surface area contributed by atoms with E-state index < -0.39 is 36.0 Å². The molecule has 7 rings (SSSR count). The number of nitrogens with one attached hydrogen (secondary N) is 3. The lowest BCUT2D eigenvalue weighted by molar-refractivity contribution is -0.135. The van der Waals surface area contributed by atoms with Gasteiger partial charge in [-0.15, -0.1) is 0 Å². The monoisotopic (exact) mass is 452 g/mol. The third-order valence-corrected chi connectivity index (χ3v) is 8.23. The van der Waals surface area contributed by atoms with Crippen LogP contribution in [-0.2, 0) is 15.1 Å². The SMILES string of the molecule is O=C(CN1C(=O)N[C@]2(CCOc3ccccc32)C1=O)NC(=O)NC12CC3CC(CC(C3)C1)C2. The minimum absolute atomic E-state index is 0.226. The van der Waals surface area contributed by atoms with Crippen molar-refractivity contribution in [3.63, 3.8) is 0 Å². The van der Waals surface area contributed by atoms with Crippen LogP contribution in [0.25, 0.3) is 0 Å². The van der Waals surface area contributed by atoms with Crippen molar-refractivity contribution in [1.29, 1.82) is 0 Å². The van der Waals surface area contributed by atoms with E-state index in [1.165, 1.54) is 19.3 Å². The molecule has 174 valence electrons. The number of benzene rings is 1. The predicted octanol–water partition coefficient (Wildman–Crippen LogP) is 2.01. The zero-order valence-corrected chi connectivity index (χ0v) is 18.4. The summed E-state index contributed by atoms with van der Waals surface area (Å²) in [6.07, 6.45) is 6.95. The van der Waals surface area contributed by atoms with Gasteiger partial charge in [0.05, 0.1) is 6.61 Å². The van der Waals surface area contributed by atoms with Crippen LogP contribution in [0.4, 0.5) is 9.59 Å². The van der Waals surface area contributed by atoms with Gasteiger partial charge in [0.1, 0.15) is 12.3 Å². The summed E-state index contributed by atoms with van der Waals surface area (Å²) in [5.74, 6) is 1.35. The molecule has 2 aliphatic heterocycles. The van der Waals surface area contributed by atoms with Crippen LogP contribution in [0.3, 0.4) is 0 Å². The van der Waals surface area contributed by atoms with Gasteiger partial charge in [-0.2, -0.15) is 0 Å². The van der Waals surface area contributed by atoms with Gasteiger partial charge in [-0.1, -0.05) is 18.2 Å². The van der Waals surface area contributed by atoms with Gasteiger partial charge in [-0.3, -0.25) is 19.8 Å². The molecule has 33 heavy (non-hydrogen) atoms. The van der Waals surface area contributed by atoms with Crippen LogP contribution in [0, 0.1) is 17.8 Å². The zero-order chi connectivity index (χ0) is 22.8. The summed E-state index contributed by atoms with van der Waals surface area (Å²) in [6.45, 7) is -0.236. The van der Waals surface area contributed by atoms with E-state index in [1.54, 1.807) is 24.3 Å². The normalized spacial score (nSPS) is 35.8. The summed E-state index contributed by atoms with van der Waals surface area (Å²) in [5, 5.41) is 8.19. The second kappa shape index (κ2) is 7.20. The van der Waals surface area contributed by atoms with Crippen molar-refractivity contribution >= 4 is 23.9 Å². The lowest BCUT2D eigenvalue weighted by Crippen LogP contribution is -2.62. The molecule has 0 unspecified atom stereocenters. The number of fused-ring (bicyclic) bond motifs is 2. The number of urea groups is 2. The summed E-state index contributed by atoms with van der Waals surface area (Å²) in [6, 6.07) is 5.88. The van der Waals surface area contributed by atoms with E-state index >= 15 is 0 Å². The van der Waals surface area contributed by atoms with Crippen molar-refractivity contribution in [3.8, 4) is 5.75 Å². The van der Waals surface area contributed by atoms with Gasteiger partial charge >= 0.3 is 12.1 Å². The highest BCUT2D eigenvalue weighted by atomic mass is 16.5. The molecule has 6 aliphatic rings. The van der Waals surface area contributed by atoms with Crippen molar-refractivity contribution in [2.45, 2.75) is 56.0 Å². The second-order valence-corrected chi connectivity index (χ2v) is 10.5. The maximum atomic E-state index is 13.3. The number of rotatable bonds is 3. The highest BCUT2D eigenvalue weighted by Crippen LogP contribution is 2.55. The highest BCUT2D eigenvalue weighted by molar-refractivity contribution is 6.10. The first kappa shape index (κ1) is 20.5. The fraction of sp³-hybridized carbons (Fsp3) is 0.583. The van der Waals surface area contributed by atoms with Crippen molar-refractivity contribution in [1.82, 2.24) is 20.9 Å². The molecule has 4 aliphatic carbocycles. The number of imide groups is 2. The van der Waals surface area contributed by atoms with Gasteiger partial charge in [0, 0.05) is 17.5 Å². The Labute approximate surface area is 191 Å². The molecule has 4 saturated carbocycles. The van der Waals surface area contributed by atoms with Crippen LogP contribution < -0.4 is 20.7 Å². The molecule has 1 aromatic carbocycles. The molecule has 6 amide bonds. The summed E-state index contributed by atoms with van der Waals surface area (Å²) < 4.78 is 5.62. The Hall–Kier alpha value is -3.10. The Morgan fingerprint density at radius 2 is 1.73 bits per heavy atom. The molecule has 1 atom stereocenters. The van der Waals surface area contributed by atoms with E-state index in [-0.39, 0.29) is 18.6 Å². The van der Waals surface area contributed by atoms with Crippen LogP contribution >= 0.6 is 0 Å². The Balaban J connectivity index is 1.12. The average Bonchev–Trinajstić information content (AvgIpc) is 2.97. The Bertz CT molecular complexity index is 1020.